The quantitative estimate of drug-likeness (QED) is 0.876. The van der Waals surface area contributed by atoms with Crippen LogP contribution >= 0.6 is 0 Å². The molecule has 0 bridgehead atoms. The summed E-state index contributed by atoms with van der Waals surface area (Å²) in [6.45, 7) is 1.29. The number of aromatic nitrogens is 2. The Hall–Kier alpha value is -3.03. The number of likely N-dealkylation sites (N-methyl/N-ethyl adjacent to an activating group) is 1. The molecule has 3 heterocycles. The molecule has 0 radical (unpaired) electrons. The second kappa shape index (κ2) is 5.51. The smallest absolute Gasteiger partial charge is 0.410 e. The Bertz CT molecular complexity index is 888. The molecule has 2 fully saturated rings. The first-order valence-corrected chi connectivity index (χ1v) is 8.08. The Morgan fingerprint density at radius 2 is 1.96 bits per heavy atom. The zero-order valence-corrected chi connectivity index (χ0v) is 13.8. The number of aromatic amines is 1. The van der Waals surface area contributed by atoms with E-state index in [0.29, 0.717) is 31.7 Å². The van der Waals surface area contributed by atoms with Gasteiger partial charge in [-0.2, -0.15) is 0 Å². The number of hydrogen-bond acceptors (Lipinski definition) is 4. The lowest BCUT2D eigenvalue weighted by Gasteiger charge is -2.21. The van der Waals surface area contributed by atoms with Crippen molar-refractivity contribution in [2.75, 3.05) is 26.7 Å². The molecule has 2 aromatic rings. The maximum atomic E-state index is 12.7. The first kappa shape index (κ1) is 15.5. The standard InChI is InChI=1S/C17H18N4O4/c1-19-10-17(25-16(19)24)7-8-20(11-17)15(23)13-9-14(22)21(18-13)12-5-3-2-4-6-12/h2-6,9,18H,7-8,10-11H2,1H3. The number of nitrogens with one attached hydrogen (secondary N) is 1. The molecule has 2 saturated heterocycles. The highest BCUT2D eigenvalue weighted by atomic mass is 16.6. The second-order valence-electron chi connectivity index (χ2n) is 6.56. The monoisotopic (exact) mass is 342 g/mol. The summed E-state index contributed by atoms with van der Waals surface area (Å²) in [5, 5.41) is 2.87. The molecular formula is C17H18N4O4. The number of carbonyl (C=O) groups is 2. The van der Waals surface area contributed by atoms with Crippen LogP contribution in [0.2, 0.25) is 0 Å². The molecule has 4 rings (SSSR count). The summed E-state index contributed by atoms with van der Waals surface area (Å²) in [5.41, 5.74) is -0.0427. The molecule has 2 aliphatic rings. The fraction of sp³-hybridized carbons (Fsp3) is 0.353. The molecule has 2 amide bonds. The first-order valence-electron chi connectivity index (χ1n) is 8.08. The van der Waals surface area contributed by atoms with Crippen molar-refractivity contribution in [2.24, 2.45) is 0 Å². The lowest BCUT2D eigenvalue weighted by Crippen LogP contribution is -2.39. The Morgan fingerprint density at radius 1 is 1.20 bits per heavy atom. The summed E-state index contributed by atoms with van der Waals surface area (Å²) in [5.74, 6) is -0.269. The van der Waals surface area contributed by atoms with Crippen LogP contribution in [0.5, 0.6) is 0 Å². The number of para-hydroxylation sites is 1. The second-order valence-corrected chi connectivity index (χ2v) is 6.56. The van der Waals surface area contributed by atoms with Crippen LogP contribution < -0.4 is 5.56 Å². The van der Waals surface area contributed by atoms with Crippen LogP contribution in [0.4, 0.5) is 4.79 Å². The van der Waals surface area contributed by atoms with Crippen molar-refractivity contribution in [3.63, 3.8) is 0 Å². The van der Waals surface area contributed by atoms with Gasteiger partial charge in [0.25, 0.3) is 11.5 Å². The maximum Gasteiger partial charge on any atom is 0.410 e. The highest BCUT2D eigenvalue weighted by Gasteiger charge is 2.49. The van der Waals surface area contributed by atoms with Crippen molar-refractivity contribution in [2.45, 2.75) is 12.0 Å². The number of rotatable bonds is 2. The molecule has 8 nitrogen and oxygen atoms in total. The Morgan fingerprint density at radius 3 is 2.64 bits per heavy atom. The van der Waals surface area contributed by atoms with Crippen molar-refractivity contribution >= 4 is 12.0 Å². The number of benzene rings is 1. The third kappa shape index (κ3) is 2.59. The lowest BCUT2D eigenvalue weighted by atomic mass is 10.0. The SMILES string of the molecule is CN1CC2(CCN(C(=O)c3cc(=O)n(-c4ccccc4)[nH]3)C2)OC1=O. The molecule has 25 heavy (non-hydrogen) atoms. The van der Waals surface area contributed by atoms with Crippen LogP contribution in [0.3, 0.4) is 0 Å². The molecule has 1 unspecified atom stereocenters. The summed E-state index contributed by atoms with van der Waals surface area (Å²) < 4.78 is 6.79. The molecule has 1 aromatic heterocycles. The van der Waals surface area contributed by atoms with Crippen molar-refractivity contribution in [3.05, 3.63) is 52.4 Å². The Balaban J connectivity index is 1.55. The molecule has 0 aliphatic carbocycles. The number of carbonyl (C=O) groups excluding carboxylic acids is 2. The minimum atomic E-state index is -0.635. The van der Waals surface area contributed by atoms with Crippen LogP contribution in [0.1, 0.15) is 16.9 Å². The van der Waals surface area contributed by atoms with Gasteiger partial charge in [-0.05, 0) is 12.1 Å². The third-order valence-corrected chi connectivity index (χ3v) is 4.71. The summed E-state index contributed by atoms with van der Waals surface area (Å²) in [6.07, 6.45) is 0.233. The number of hydrogen-bond donors (Lipinski definition) is 1. The van der Waals surface area contributed by atoms with Gasteiger partial charge in [-0.25, -0.2) is 9.48 Å². The van der Waals surface area contributed by atoms with Crippen molar-refractivity contribution in [1.82, 2.24) is 19.6 Å². The van der Waals surface area contributed by atoms with Crippen LogP contribution in [-0.4, -0.2) is 63.9 Å². The molecule has 0 saturated carbocycles. The van der Waals surface area contributed by atoms with E-state index in [4.69, 9.17) is 4.74 Å². The van der Waals surface area contributed by atoms with Gasteiger partial charge in [-0.15, -0.1) is 0 Å². The van der Waals surface area contributed by atoms with E-state index in [1.807, 2.05) is 18.2 Å². The van der Waals surface area contributed by atoms with Crippen LogP contribution in [-0.2, 0) is 4.74 Å². The highest BCUT2D eigenvalue weighted by Crippen LogP contribution is 2.32. The average molecular weight is 342 g/mol. The zero-order valence-electron chi connectivity index (χ0n) is 13.8. The summed E-state index contributed by atoms with van der Waals surface area (Å²) >= 11 is 0. The van der Waals surface area contributed by atoms with Crippen molar-refractivity contribution < 1.29 is 14.3 Å². The number of ether oxygens (including phenoxy) is 1. The predicted molar refractivity (Wildman–Crippen MR) is 88.8 cm³/mol. The van der Waals surface area contributed by atoms with E-state index >= 15 is 0 Å². The van der Waals surface area contributed by atoms with E-state index in [2.05, 4.69) is 5.10 Å². The lowest BCUT2D eigenvalue weighted by molar-refractivity contribution is 0.0550. The van der Waals surface area contributed by atoms with E-state index < -0.39 is 5.60 Å². The van der Waals surface area contributed by atoms with Crippen LogP contribution in [0.25, 0.3) is 5.69 Å². The normalized spacial score (nSPS) is 22.7. The molecule has 8 heteroatoms. The van der Waals surface area contributed by atoms with E-state index in [9.17, 15) is 14.4 Å². The van der Waals surface area contributed by atoms with Crippen molar-refractivity contribution in [1.29, 1.82) is 0 Å². The minimum absolute atomic E-state index is 0.226. The molecule has 2 aliphatic heterocycles. The van der Waals surface area contributed by atoms with Gasteiger partial charge in [0, 0.05) is 26.1 Å². The Labute approximate surface area is 143 Å². The molecule has 1 spiro atoms. The number of H-pyrrole nitrogens is 1. The zero-order chi connectivity index (χ0) is 17.6. The van der Waals surface area contributed by atoms with Crippen LogP contribution in [0.15, 0.2) is 41.2 Å². The van der Waals surface area contributed by atoms with Gasteiger partial charge in [-0.1, -0.05) is 18.2 Å². The summed E-state index contributed by atoms with van der Waals surface area (Å²) in [6, 6.07) is 10.4. The number of likely N-dealkylation sites (tertiary alicyclic amines) is 1. The molecule has 1 atom stereocenters. The van der Waals surface area contributed by atoms with Gasteiger partial charge in [-0.3, -0.25) is 14.7 Å². The van der Waals surface area contributed by atoms with E-state index in [1.54, 1.807) is 24.1 Å². The minimum Gasteiger partial charge on any atom is -0.439 e. The van der Waals surface area contributed by atoms with Gasteiger partial charge in [0.15, 0.2) is 5.60 Å². The van der Waals surface area contributed by atoms with Gasteiger partial charge in [0.2, 0.25) is 0 Å². The molecular weight excluding hydrogens is 324 g/mol. The van der Waals surface area contributed by atoms with E-state index in [1.165, 1.54) is 15.6 Å². The first-order chi connectivity index (χ1) is 12.0. The summed E-state index contributed by atoms with van der Waals surface area (Å²) in [7, 11) is 1.68. The average Bonchev–Trinajstić information content (AvgIpc) is 3.26. The Kier molecular flexibility index (Phi) is 3.41. The van der Waals surface area contributed by atoms with E-state index in [0.717, 1.165) is 0 Å². The van der Waals surface area contributed by atoms with E-state index in [-0.39, 0.29) is 23.3 Å². The topological polar surface area (TPSA) is 87.6 Å². The maximum absolute atomic E-state index is 12.7. The number of nitrogens with zero attached hydrogens (tertiary/aromatic N) is 3. The molecule has 130 valence electrons. The van der Waals surface area contributed by atoms with Crippen molar-refractivity contribution in [3.8, 4) is 5.69 Å². The fourth-order valence-electron chi connectivity index (χ4n) is 3.47. The third-order valence-electron chi connectivity index (χ3n) is 4.71. The van der Waals surface area contributed by atoms with Gasteiger partial charge in [0.05, 0.1) is 18.8 Å². The molecule has 1 aromatic carbocycles. The fourth-order valence-corrected chi connectivity index (χ4v) is 3.47. The number of amides is 2. The molecule has 1 N–H and O–H groups in total. The van der Waals surface area contributed by atoms with Crippen LogP contribution in [0, 0.1) is 0 Å². The largest absolute Gasteiger partial charge is 0.439 e. The predicted octanol–water partition coefficient (Wildman–Crippen LogP) is 0.832. The van der Waals surface area contributed by atoms with Gasteiger partial charge >= 0.3 is 6.09 Å². The van der Waals surface area contributed by atoms with Gasteiger partial charge < -0.3 is 14.5 Å². The highest BCUT2D eigenvalue weighted by molar-refractivity contribution is 5.92. The van der Waals surface area contributed by atoms with Gasteiger partial charge in [0.1, 0.15) is 5.69 Å². The summed E-state index contributed by atoms with van der Waals surface area (Å²) in [4.78, 5) is 39.7.